The fraction of sp³-hybridized carbons (Fsp3) is 0.207. The van der Waals surface area contributed by atoms with E-state index in [0.29, 0.717) is 40.8 Å². The molecule has 0 radical (unpaired) electrons. The Morgan fingerprint density at radius 1 is 0.861 bits per heavy atom. The number of hydrogen-bond donors (Lipinski definition) is 1. The third-order valence-electron chi connectivity index (χ3n) is 6.11. The largest absolute Gasteiger partial charge is 0.495 e. The Kier molecular flexibility index (Phi) is 7.86. The highest BCUT2D eigenvalue weighted by Crippen LogP contribution is 2.34. The number of hydrogen-bond acceptors (Lipinski definition) is 4. The lowest BCUT2D eigenvalue weighted by atomic mass is 10.1. The summed E-state index contributed by atoms with van der Waals surface area (Å²) in [4.78, 5) is 13.3. The monoisotopic (exact) mass is 504 g/mol. The first-order valence-electron chi connectivity index (χ1n) is 11.6. The van der Waals surface area contributed by atoms with Crippen LogP contribution in [-0.2, 0) is 6.42 Å². The molecular weight excluding hydrogens is 476 g/mol. The van der Waals surface area contributed by atoms with Crippen LogP contribution in [0.25, 0.3) is 16.9 Å². The number of halogens is 1. The van der Waals surface area contributed by atoms with Gasteiger partial charge in [0.1, 0.15) is 5.75 Å². The predicted molar refractivity (Wildman–Crippen MR) is 143 cm³/mol. The van der Waals surface area contributed by atoms with Gasteiger partial charge in [0.25, 0.3) is 5.91 Å². The predicted octanol–water partition coefficient (Wildman–Crippen LogP) is 6.10. The normalized spacial score (nSPS) is 10.7. The SMILES string of the molecule is COc1ccc(CCNC(=O)c2cc(-c3ccc(Cl)cc3)n(-c3ccccc3OC)c2C)cc1OC. The molecule has 1 N–H and O–H groups in total. The van der Waals surface area contributed by atoms with E-state index in [1.165, 1.54) is 0 Å². The number of rotatable bonds is 9. The summed E-state index contributed by atoms with van der Waals surface area (Å²) in [6, 6.07) is 23.0. The van der Waals surface area contributed by atoms with Crippen LogP contribution in [0.3, 0.4) is 0 Å². The lowest BCUT2D eigenvalue weighted by Crippen LogP contribution is -2.26. The van der Waals surface area contributed by atoms with E-state index in [2.05, 4.69) is 5.32 Å². The second-order valence-electron chi connectivity index (χ2n) is 8.24. The highest BCUT2D eigenvalue weighted by Gasteiger charge is 2.21. The standard InChI is InChI=1S/C29H29ClN2O4/c1-19-23(29(33)31-16-15-20-9-14-27(35-3)28(17-20)36-4)18-25(21-10-12-22(30)13-11-21)32(19)24-7-5-6-8-26(24)34-2/h5-14,17-18H,15-16H2,1-4H3,(H,31,33). The third-order valence-corrected chi connectivity index (χ3v) is 6.36. The van der Waals surface area contributed by atoms with Gasteiger partial charge in [-0.1, -0.05) is 41.9 Å². The van der Waals surface area contributed by atoms with Gasteiger partial charge < -0.3 is 24.1 Å². The molecule has 0 saturated heterocycles. The van der Waals surface area contributed by atoms with Crippen LogP contribution < -0.4 is 19.5 Å². The van der Waals surface area contributed by atoms with Crippen LogP contribution in [0.4, 0.5) is 0 Å². The molecule has 1 amide bonds. The van der Waals surface area contributed by atoms with Crippen LogP contribution in [0.1, 0.15) is 21.6 Å². The highest BCUT2D eigenvalue weighted by molar-refractivity contribution is 6.30. The van der Waals surface area contributed by atoms with E-state index in [4.69, 9.17) is 25.8 Å². The summed E-state index contributed by atoms with van der Waals surface area (Å²) < 4.78 is 18.4. The number of aromatic nitrogens is 1. The van der Waals surface area contributed by atoms with Crippen molar-refractivity contribution in [2.45, 2.75) is 13.3 Å². The molecule has 4 aromatic rings. The Balaban J connectivity index is 1.63. The zero-order valence-electron chi connectivity index (χ0n) is 20.8. The summed E-state index contributed by atoms with van der Waals surface area (Å²) >= 11 is 6.13. The van der Waals surface area contributed by atoms with Crippen molar-refractivity contribution in [3.8, 4) is 34.2 Å². The third kappa shape index (κ3) is 5.19. The Hall–Kier alpha value is -3.90. The molecular formula is C29H29ClN2O4. The quantitative estimate of drug-likeness (QED) is 0.299. The van der Waals surface area contributed by atoms with E-state index in [0.717, 1.165) is 28.2 Å². The highest BCUT2D eigenvalue weighted by atomic mass is 35.5. The summed E-state index contributed by atoms with van der Waals surface area (Å²) in [5.41, 5.74) is 5.12. The van der Waals surface area contributed by atoms with Gasteiger partial charge >= 0.3 is 0 Å². The average Bonchev–Trinajstić information content (AvgIpc) is 3.25. The molecule has 1 heterocycles. The maximum atomic E-state index is 13.3. The number of amides is 1. The molecule has 0 bridgehead atoms. The topological polar surface area (TPSA) is 61.7 Å². The smallest absolute Gasteiger partial charge is 0.253 e. The molecule has 36 heavy (non-hydrogen) atoms. The first-order valence-corrected chi connectivity index (χ1v) is 12.0. The summed E-state index contributed by atoms with van der Waals surface area (Å²) in [6.45, 7) is 2.42. The van der Waals surface area contributed by atoms with Gasteiger partial charge in [0.15, 0.2) is 11.5 Å². The van der Waals surface area contributed by atoms with E-state index < -0.39 is 0 Å². The van der Waals surface area contributed by atoms with Gasteiger partial charge in [-0.15, -0.1) is 0 Å². The zero-order valence-corrected chi connectivity index (χ0v) is 21.6. The minimum atomic E-state index is -0.142. The van der Waals surface area contributed by atoms with E-state index >= 15 is 0 Å². The minimum absolute atomic E-state index is 0.142. The van der Waals surface area contributed by atoms with Crippen molar-refractivity contribution in [2.75, 3.05) is 27.9 Å². The lowest BCUT2D eigenvalue weighted by molar-refractivity contribution is 0.0953. The molecule has 0 aliphatic heterocycles. The van der Waals surface area contributed by atoms with Gasteiger partial charge in [0.05, 0.1) is 38.3 Å². The molecule has 0 aliphatic rings. The number of para-hydroxylation sites is 2. The van der Waals surface area contributed by atoms with Gasteiger partial charge in [0.2, 0.25) is 0 Å². The van der Waals surface area contributed by atoms with Gasteiger partial charge in [-0.05, 0) is 66.9 Å². The number of nitrogens with one attached hydrogen (secondary N) is 1. The van der Waals surface area contributed by atoms with Crippen LogP contribution in [-0.4, -0.2) is 38.3 Å². The molecule has 3 aromatic carbocycles. The maximum absolute atomic E-state index is 13.3. The van der Waals surface area contributed by atoms with Crippen molar-refractivity contribution in [2.24, 2.45) is 0 Å². The van der Waals surface area contributed by atoms with Crippen LogP contribution >= 0.6 is 11.6 Å². The second-order valence-corrected chi connectivity index (χ2v) is 8.67. The number of benzene rings is 3. The summed E-state index contributed by atoms with van der Waals surface area (Å²) in [5, 5.41) is 3.71. The maximum Gasteiger partial charge on any atom is 0.253 e. The molecule has 0 saturated carbocycles. The fourth-order valence-electron chi connectivity index (χ4n) is 4.25. The lowest BCUT2D eigenvalue weighted by Gasteiger charge is -2.15. The van der Waals surface area contributed by atoms with Gasteiger partial charge in [-0.2, -0.15) is 0 Å². The molecule has 7 heteroatoms. The Labute approximate surface area is 216 Å². The Morgan fingerprint density at radius 3 is 2.25 bits per heavy atom. The van der Waals surface area contributed by atoms with E-state index in [1.54, 1.807) is 21.3 Å². The minimum Gasteiger partial charge on any atom is -0.495 e. The van der Waals surface area contributed by atoms with Gasteiger partial charge in [-0.3, -0.25) is 4.79 Å². The Morgan fingerprint density at radius 2 is 1.56 bits per heavy atom. The van der Waals surface area contributed by atoms with Crippen molar-refractivity contribution in [1.82, 2.24) is 9.88 Å². The van der Waals surface area contributed by atoms with E-state index in [1.807, 2.05) is 84.3 Å². The second kappa shape index (κ2) is 11.2. The van der Waals surface area contributed by atoms with Crippen molar-refractivity contribution in [1.29, 1.82) is 0 Å². The van der Waals surface area contributed by atoms with Crippen molar-refractivity contribution >= 4 is 17.5 Å². The molecule has 186 valence electrons. The summed E-state index contributed by atoms with van der Waals surface area (Å²) in [7, 11) is 4.85. The number of ether oxygens (including phenoxy) is 3. The molecule has 6 nitrogen and oxygen atoms in total. The number of methoxy groups -OCH3 is 3. The first kappa shape index (κ1) is 25.2. The van der Waals surface area contributed by atoms with Gasteiger partial charge in [-0.25, -0.2) is 0 Å². The van der Waals surface area contributed by atoms with Crippen LogP contribution in [0.2, 0.25) is 5.02 Å². The molecule has 0 fully saturated rings. The first-order chi connectivity index (χ1) is 17.5. The van der Waals surface area contributed by atoms with E-state index in [9.17, 15) is 4.79 Å². The molecule has 1 aromatic heterocycles. The van der Waals surface area contributed by atoms with Gasteiger partial charge in [0, 0.05) is 17.3 Å². The van der Waals surface area contributed by atoms with Crippen molar-refractivity contribution < 1.29 is 19.0 Å². The fourth-order valence-corrected chi connectivity index (χ4v) is 4.37. The average molecular weight is 505 g/mol. The van der Waals surface area contributed by atoms with Crippen LogP contribution in [0.15, 0.2) is 72.8 Å². The molecule has 0 atom stereocenters. The Bertz CT molecular complexity index is 1360. The molecule has 0 spiro atoms. The van der Waals surface area contributed by atoms with E-state index in [-0.39, 0.29) is 5.91 Å². The summed E-state index contributed by atoms with van der Waals surface area (Å²) in [5.74, 6) is 1.91. The molecule has 4 rings (SSSR count). The zero-order chi connectivity index (χ0) is 25.7. The van der Waals surface area contributed by atoms with Crippen LogP contribution in [0, 0.1) is 6.92 Å². The number of carbonyl (C=O) groups is 1. The molecule has 0 aliphatic carbocycles. The molecule has 0 unspecified atom stereocenters. The van der Waals surface area contributed by atoms with Crippen LogP contribution in [0.5, 0.6) is 17.2 Å². The number of carbonyl (C=O) groups excluding carboxylic acids is 1. The number of nitrogens with zero attached hydrogens (tertiary/aromatic N) is 1. The van der Waals surface area contributed by atoms with Crippen molar-refractivity contribution in [3.05, 3.63) is 94.6 Å². The summed E-state index contributed by atoms with van der Waals surface area (Å²) in [6.07, 6.45) is 0.655. The van der Waals surface area contributed by atoms with Crippen molar-refractivity contribution in [3.63, 3.8) is 0 Å².